The van der Waals surface area contributed by atoms with Crippen LogP contribution in [0.3, 0.4) is 0 Å². The summed E-state index contributed by atoms with van der Waals surface area (Å²) in [6.07, 6.45) is 0. The molecule has 5 nitrogen and oxygen atoms in total. The first-order valence-electron chi connectivity index (χ1n) is 6.80. The predicted molar refractivity (Wildman–Crippen MR) is 87.0 cm³/mol. The van der Waals surface area contributed by atoms with Crippen molar-refractivity contribution in [3.05, 3.63) is 45.9 Å². The molecule has 1 heterocycles. The van der Waals surface area contributed by atoms with Crippen molar-refractivity contribution in [3.8, 4) is 0 Å². The van der Waals surface area contributed by atoms with Gasteiger partial charge in [-0.3, -0.25) is 4.79 Å². The van der Waals surface area contributed by atoms with Crippen molar-refractivity contribution in [3.63, 3.8) is 0 Å². The molecular weight excluding hydrogens is 320 g/mol. The van der Waals surface area contributed by atoms with Crippen LogP contribution < -0.4 is 5.32 Å². The summed E-state index contributed by atoms with van der Waals surface area (Å²) in [5.74, 6) is -0.425. The molecule has 0 fully saturated rings. The molecule has 118 valence electrons. The van der Waals surface area contributed by atoms with Crippen molar-refractivity contribution in [2.24, 2.45) is 0 Å². The summed E-state index contributed by atoms with van der Waals surface area (Å²) < 4.78 is 24.7. The topological polar surface area (TPSA) is 76.1 Å². The molecule has 0 radical (unpaired) electrons. The van der Waals surface area contributed by atoms with Crippen LogP contribution in [0.4, 0.5) is 0 Å². The van der Waals surface area contributed by atoms with Crippen LogP contribution in [0.2, 0.25) is 0 Å². The lowest BCUT2D eigenvalue weighted by Crippen LogP contribution is -2.37. The van der Waals surface area contributed by atoms with E-state index >= 15 is 0 Å². The van der Waals surface area contributed by atoms with Crippen molar-refractivity contribution in [1.82, 2.24) is 10.3 Å². The lowest BCUT2D eigenvalue weighted by molar-refractivity contribution is 0.0947. The van der Waals surface area contributed by atoms with E-state index in [0.29, 0.717) is 10.6 Å². The van der Waals surface area contributed by atoms with Gasteiger partial charge in [0.2, 0.25) is 0 Å². The van der Waals surface area contributed by atoms with Gasteiger partial charge in [-0.2, -0.15) is 0 Å². The van der Waals surface area contributed by atoms with Crippen molar-refractivity contribution >= 4 is 27.1 Å². The average molecular weight is 338 g/mol. The van der Waals surface area contributed by atoms with Crippen molar-refractivity contribution in [1.29, 1.82) is 0 Å². The second-order valence-corrected chi connectivity index (χ2v) is 8.12. The first-order valence-corrected chi connectivity index (χ1v) is 9.33. The highest BCUT2D eigenvalue weighted by Crippen LogP contribution is 2.15. The van der Waals surface area contributed by atoms with Crippen molar-refractivity contribution < 1.29 is 13.2 Å². The third-order valence-corrected chi connectivity index (χ3v) is 6.04. The molecule has 1 N–H and O–H groups in total. The number of thiazole rings is 1. The molecule has 0 saturated heterocycles. The summed E-state index contributed by atoms with van der Waals surface area (Å²) in [5, 5.41) is 2.71. The lowest BCUT2D eigenvalue weighted by atomic mass is 10.2. The van der Waals surface area contributed by atoms with Crippen LogP contribution >= 0.6 is 11.3 Å². The highest BCUT2D eigenvalue weighted by atomic mass is 32.2. The number of hydrogen-bond donors (Lipinski definition) is 1. The standard InChI is InChI=1S/C15H18N2O3S2/c1-10-4-6-13(7-5-10)22(19,20)8-11(2)17-15(18)14-12(3)16-9-21-14/h4-7,9,11H,8H2,1-3H3,(H,17,18). The Hall–Kier alpha value is -1.73. The van der Waals surface area contributed by atoms with Crippen LogP contribution in [0.1, 0.15) is 27.9 Å². The molecule has 0 bridgehead atoms. The van der Waals surface area contributed by atoms with Crippen LogP contribution in [0.15, 0.2) is 34.7 Å². The molecule has 1 aromatic heterocycles. The third-order valence-electron chi connectivity index (χ3n) is 3.18. The highest BCUT2D eigenvalue weighted by Gasteiger charge is 2.21. The molecular formula is C15H18N2O3S2. The maximum atomic E-state index is 12.3. The van der Waals surface area contributed by atoms with Gasteiger partial charge in [0.1, 0.15) is 4.88 Å². The van der Waals surface area contributed by atoms with Gasteiger partial charge in [-0.25, -0.2) is 13.4 Å². The second kappa shape index (κ2) is 6.58. The number of aromatic nitrogens is 1. The molecule has 7 heteroatoms. The van der Waals surface area contributed by atoms with E-state index < -0.39 is 15.9 Å². The van der Waals surface area contributed by atoms with Crippen LogP contribution in [0.25, 0.3) is 0 Å². The van der Waals surface area contributed by atoms with E-state index in [9.17, 15) is 13.2 Å². The molecule has 2 rings (SSSR count). The molecule has 2 aromatic rings. The van der Waals surface area contributed by atoms with Gasteiger partial charge in [0.25, 0.3) is 5.91 Å². The third kappa shape index (κ3) is 3.92. The quantitative estimate of drug-likeness (QED) is 0.908. The molecule has 1 amide bonds. The SMILES string of the molecule is Cc1ccc(S(=O)(=O)CC(C)NC(=O)c2scnc2C)cc1. The van der Waals surface area contributed by atoms with Crippen molar-refractivity contribution in [2.75, 3.05) is 5.75 Å². The van der Waals surface area contributed by atoms with Crippen molar-refractivity contribution in [2.45, 2.75) is 31.7 Å². The number of sulfone groups is 1. The van der Waals surface area contributed by atoms with Gasteiger partial charge < -0.3 is 5.32 Å². The molecule has 0 spiro atoms. The van der Waals surface area contributed by atoms with E-state index in [2.05, 4.69) is 10.3 Å². The maximum Gasteiger partial charge on any atom is 0.263 e. The first-order chi connectivity index (χ1) is 10.3. The molecule has 1 atom stereocenters. The predicted octanol–water partition coefficient (Wildman–Crippen LogP) is 2.35. The Labute approximate surface area is 134 Å². The number of carbonyl (C=O) groups excluding carboxylic acids is 1. The van der Waals surface area contributed by atoms with Crippen LogP contribution in [0.5, 0.6) is 0 Å². The first kappa shape index (κ1) is 16.6. The Balaban J connectivity index is 2.05. The van der Waals surface area contributed by atoms with Crippen LogP contribution in [-0.2, 0) is 9.84 Å². The molecule has 1 unspecified atom stereocenters. The summed E-state index contributed by atoms with van der Waals surface area (Å²) in [4.78, 5) is 16.9. The summed E-state index contributed by atoms with van der Waals surface area (Å²) in [7, 11) is -3.43. The van der Waals surface area contributed by atoms with E-state index in [4.69, 9.17) is 0 Å². The fourth-order valence-corrected chi connectivity index (χ4v) is 4.21. The highest BCUT2D eigenvalue weighted by molar-refractivity contribution is 7.91. The van der Waals surface area contributed by atoms with E-state index in [1.165, 1.54) is 11.3 Å². The number of rotatable bonds is 5. The number of amides is 1. The Kier molecular flexibility index (Phi) is 4.97. The Bertz CT molecular complexity index is 764. The lowest BCUT2D eigenvalue weighted by Gasteiger charge is -2.14. The maximum absolute atomic E-state index is 12.3. The Morgan fingerprint density at radius 3 is 2.45 bits per heavy atom. The second-order valence-electron chi connectivity index (χ2n) is 5.24. The summed E-state index contributed by atoms with van der Waals surface area (Å²) >= 11 is 1.24. The summed E-state index contributed by atoms with van der Waals surface area (Å²) in [6.45, 7) is 5.33. The van der Waals surface area contributed by atoms with E-state index in [1.807, 2.05) is 6.92 Å². The molecule has 0 aliphatic carbocycles. The molecule has 0 aliphatic heterocycles. The number of nitrogens with zero attached hydrogens (tertiary/aromatic N) is 1. The fraction of sp³-hybridized carbons (Fsp3) is 0.333. The van der Waals surface area contributed by atoms with Gasteiger partial charge in [0, 0.05) is 6.04 Å². The number of hydrogen-bond acceptors (Lipinski definition) is 5. The largest absolute Gasteiger partial charge is 0.348 e. The summed E-state index contributed by atoms with van der Waals surface area (Å²) in [5.41, 5.74) is 3.25. The van der Waals surface area contributed by atoms with Gasteiger partial charge >= 0.3 is 0 Å². The smallest absolute Gasteiger partial charge is 0.263 e. The monoisotopic (exact) mass is 338 g/mol. The molecule has 22 heavy (non-hydrogen) atoms. The van der Waals surface area contributed by atoms with Gasteiger partial charge in [0.05, 0.1) is 21.9 Å². The summed E-state index contributed by atoms with van der Waals surface area (Å²) in [6, 6.07) is 6.22. The number of aryl methyl sites for hydroxylation is 2. The Morgan fingerprint density at radius 1 is 1.27 bits per heavy atom. The number of nitrogens with one attached hydrogen (secondary N) is 1. The average Bonchev–Trinajstić information content (AvgIpc) is 2.84. The minimum absolute atomic E-state index is 0.139. The molecule has 0 aliphatic rings. The van der Waals surface area contributed by atoms with Crippen LogP contribution in [0, 0.1) is 13.8 Å². The zero-order valence-corrected chi connectivity index (χ0v) is 14.3. The van der Waals surface area contributed by atoms with Crippen LogP contribution in [-0.4, -0.2) is 31.1 Å². The number of benzene rings is 1. The van der Waals surface area contributed by atoms with E-state index in [1.54, 1.807) is 43.6 Å². The van der Waals surface area contributed by atoms with E-state index in [0.717, 1.165) is 5.56 Å². The molecule has 1 aromatic carbocycles. The van der Waals surface area contributed by atoms with Gasteiger partial charge in [-0.15, -0.1) is 11.3 Å². The van der Waals surface area contributed by atoms with Gasteiger partial charge in [-0.1, -0.05) is 17.7 Å². The van der Waals surface area contributed by atoms with Gasteiger partial charge in [0.15, 0.2) is 9.84 Å². The zero-order chi connectivity index (χ0) is 16.3. The van der Waals surface area contributed by atoms with Gasteiger partial charge in [-0.05, 0) is 32.9 Å². The normalized spacial score (nSPS) is 12.9. The Morgan fingerprint density at radius 2 is 1.91 bits per heavy atom. The minimum atomic E-state index is -3.43. The number of carbonyl (C=O) groups is 1. The zero-order valence-electron chi connectivity index (χ0n) is 12.7. The minimum Gasteiger partial charge on any atom is -0.348 e. The van der Waals surface area contributed by atoms with E-state index in [-0.39, 0.29) is 16.6 Å². The fourth-order valence-electron chi connectivity index (χ4n) is 2.02. The molecule has 0 saturated carbocycles.